The average Bonchev–Trinajstić information content (AvgIpc) is 2.73. The Morgan fingerprint density at radius 2 is 2.11 bits per heavy atom. The van der Waals surface area contributed by atoms with Crippen LogP contribution in [0.5, 0.6) is 0 Å². The second kappa shape index (κ2) is 5.64. The summed E-state index contributed by atoms with van der Waals surface area (Å²) in [6, 6.07) is 3.43. The van der Waals surface area contributed by atoms with Gasteiger partial charge in [0.1, 0.15) is 5.60 Å². The van der Waals surface area contributed by atoms with Gasteiger partial charge in [-0.25, -0.2) is 17.2 Å². The number of nitrogens with zero attached hydrogens (tertiary/aromatic N) is 1. The monoisotopic (exact) mass is 288 g/mol. The molecule has 1 amide bonds. The van der Waals surface area contributed by atoms with E-state index in [1.54, 1.807) is 32.9 Å². The lowest BCUT2D eigenvalue weighted by Gasteiger charge is -2.24. The Morgan fingerprint density at radius 3 is 2.63 bits per heavy atom. The molecule has 7 heteroatoms. The number of hydrogen-bond donors (Lipinski definition) is 1. The number of aryl methyl sites for hydroxylation is 1. The summed E-state index contributed by atoms with van der Waals surface area (Å²) in [5, 5.41) is 0. The highest BCUT2D eigenvalue weighted by Crippen LogP contribution is 2.19. The van der Waals surface area contributed by atoms with Gasteiger partial charge in [0, 0.05) is 11.9 Å². The highest BCUT2D eigenvalue weighted by atomic mass is 32.2. The van der Waals surface area contributed by atoms with Crippen molar-refractivity contribution in [2.24, 2.45) is 5.73 Å². The predicted octanol–water partition coefficient (Wildman–Crippen LogP) is 1.49. The second-order valence-electron chi connectivity index (χ2n) is 4.88. The summed E-state index contributed by atoms with van der Waals surface area (Å²) in [7, 11) is -3.29. The molecule has 0 aliphatic rings. The van der Waals surface area contributed by atoms with Crippen LogP contribution in [0, 0.1) is 0 Å². The maximum Gasteiger partial charge on any atom is 0.405 e. The second-order valence-corrected chi connectivity index (χ2v) is 7.01. The van der Waals surface area contributed by atoms with Crippen molar-refractivity contribution in [2.45, 2.75) is 39.2 Å². The van der Waals surface area contributed by atoms with Crippen molar-refractivity contribution in [1.29, 1.82) is 0 Å². The van der Waals surface area contributed by atoms with E-state index in [1.165, 1.54) is 10.2 Å². The zero-order valence-electron chi connectivity index (χ0n) is 11.4. The lowest BCUT2D eigenvalue weighted by atomic mass is 10.0. The van der Waals surface area contributed by atoms with Crippen molar-refractivity contribution in [3.05, 3.63) is 24.0 Å². The Bertz CT molecular complexity index is 546. The largest absolute Gasteiger partial charge is 0.444 e. The quantitative estimate of drug-likeness (QED) is 0.858. The Labute approximate surface area is 113 Å². The Balaban J connectivity index is 2.80. The molecule has 0 aliphatic carbocycles. The van der Waals surface area contributed by atoms with Crippen LogP contribution in [0.1, 0.15) is 32.9 Å². The number of carbonyl (C=O) groups excluding carboxylic acids is 1. The number of aromatic nitrogens is 1. The summed E-state index contributed by atoms with van der Waals surface area (Å²) in [5.74, 6) is 0.0376. The summed E-state index contributed by atoms with van der Waals surface area (Å²) in [6.45, 7) is 5.07. The molecular weight excluding hydrogens is 268 g/mol. The fourth-order valence-corrected chi connectivity index (χ4v) is 2.80. The maximum atomic E-state index is 11.8. The molecule has 1 aromatic rings. The van der Waals surface area contributed by atoms with Crippen molar-refractivity contribution in [1.82, 2.24) is 3.97 Å². The summed E-state index contributed by atoms with van der Waals surface area (Å²) < 4.78 is 29.9. The molecule has 6 nitrogen and oxygen atoms in total. The molecule has 19 heavy (non-hydrogen) atoms. The van der Waals surface area contributed by atoms with Gasteiger partial charge in [-0.1, -0.05) is 0 Å². The summed E-state index contributed by atoms with van der Waals surface area (Å²) >= 11 is 0. The average molecular weight is 288 g/mol. The van der Waals surface area contributed by atoms with Crippen molar-refractivity contribution >= 4 is 16.1 Å². The van der Waals surface area contributed by atoms with Gasteiger partial charge in [-0.15, -0.1) is 0 Å². The van der Waals surface area contributed by atoms with Crippen molar-refractivity contribution in [3.8, 4) is 0 Å². The van der Waals surface area contributed by atoms with E-state index in [0.717, 1.165) is 0 Å². The zero-order valence-corrected chi connectivity index (χ0v) is 12.2. The smallest absolute Gasteiger partial charge is 0.405 e. The van der Waals surface area contributed by atoms with Gasteiger partial charge in [0.15, 0.2) is 0 Å². The van der Waals surface area contributed by atoms with Crippen LogP contribution in [0.3, 0.4) is 0 Å². The lowest BCUT2D eigenvalue weighted by molar-refractivity contribution is 0.0392. The summed E-state index contributed by atoms with van der Waals surface area (Å²) in [5.41, 5.74) is 4.93. The lowest BCUT2D eigenvalue weighted by Crippen LogP contribution is -2.32. The molecular formula is C12H20N2O4S. The minimum absolute atomic E-state index is 0.0376. The van der Waals surface area contributed by atoms with E-state index in [2.05, 4.69) is 0 Å². The number of nitrogens with two attached hydrogens (primary N) is 1. The highest BCUT2D eigenvalue weighted by Gasteiger charge is 2.23. The fourth-order valence-electron chi connectivity index (χ4n) is 1.76. The minimum atomic E-state index is -3.29. The molecule has 0 atom stereocenters. The normalized spacial score (nSPS) is 12.4. The Kier molecular flexibility index (Phi) is 4.62. The van der Waals surface area contributed by atoms with Gasteiger partial charge in [0.05, 0.1) is 5.75 Å². The standard InChI is InChI=1S/C12H20N2O4S/c1-4-19(16,17)14-9-5-6-10(14)7-8-12(2,3)18-11(13)15/h5-6,9H,4,7-8H2,1-3H3,(H2,13,15). The number of ether oxygens (including phenoxy) is 1. The van der Waals surface area contributed by atoms with E-state index >= 15 is 0 Å². The molecule has 1 aromatic heterocycles. The zero-order chi connectivity index (χ0) is 14.7. The topological polar surface area (TPSA) is 91.4 Å². The fraction of sp³-hybridized carbons (Fsp3) is 0.583. The van der Waals surface area contributed by atoms with E-state index in [0.29, 0.717) is 18.5 Å². The predicted molar refractivity (Wildman–Crippen MR) is 72.4 cm³/mol. The number of rotatable bonds is 6. The molecule has 0 aliphatic heterocycles. The van der Waals surface area contributed by atoms with Gasteiger partial charge in [-0.05, 0) is 45.7 Å². The summed E-state index contributed by atoms with van der Waals surface area (Å²) in [6.07, 6.45) is 1.66. The van der Waals surface area contributed by atoms with E-state index in [-0.39, 0.29) is 5.75 Å². The first kappa shape index (κ1) is 15.6. The Hall–Kier alpha value is -1.50. The minimum Gasteiger partial charge on any atom is -0.444 e. The molecule has 0 bridgehead atoms. The first-order valence-corrected chi connectivity index (χ1v) is 7.67. The van der Waals surface area contributed by atoms with Gasteiger partial charge in [-0.2, -0.15) is 0 Å². The third kappa shape index (κ3) is 4.27. The van der Waals surface area contributed by atoms with Gasteiger partial charge < -0.3 is 10.5 Å². The van der Waals surface area contributed by atoms with Crippen molar-refractivity contribution in [3.63, 3.8) is 0 Å². The summed E-state index contributed by atoms with van der Waals surface area (Å²) in [4.78, 5) is 10.7. The SMILES string of the molecule is CCS(=O)(=O)n1cccc1CCC(C)(C)OC(N)=O. The molecule has 0 spiro atoms. The first-order chi connectivity index (χ1) is 8.68. The van der Waals surface area contributed by atoms with Crippen LogP contribution in [-0.4, -0.2) is 29.8 Å². The van der Waals surface area contributed by atoms with E-state index < -0.39 is 21.7 Å². The van der Waals surface area contributed by atoms with Gasteiger partial charge >= 0.3 is 6.09 Å². The van der Waals surface area contributed by atoms with Crippen LogP contribution in [-0.2, 0) is 21.2 Å². The van der Waals surface area contributed by atoms with Gasteiger partial charge in [0.2, 0.25) is 10.0 Å². The molecule has 108 valence electrons. The van der Waals surface area contributed by atoms with Crippen LogP contribution in [0.15, 0.2) is 18.3 Å². The molecule has 1 rings (SSSR count). The van der Waals surface area contributed by atoms with Crippen LogP contribution in [0.25, 0.3) is 0 Å². The van der Waals surface area contributed by atoms with Crippen LogP contribution >= 0.6 is 0 Å². The molecule has 0 unspecified atom stereocenters. The molecule has 0 radical (unpaired) electrons. The van der Waals surface area contributed by atoms with Crippen LogP contribution < -0.4 is 5.73 Å². The third-order valence-corrected chi connectivity index (χ3v) is 4.50. The number of amides is 1. The van der Waals surface area contributed by atoms with E-state index in [4.69, 9.17) is 10.5 Å². The van der Waals surface area contributed by atoms with Gasteiger partial charge in [-0.3, -0.25) is 0 Å². The first-order valence-electron chi connectivity index (χ1n) is 6.06. The molecule has 1 heterocycles. The van der Waals surface area contributed by atoms with Crippen molar-refractivity contribution in [2.75, 3.05) is 5.75 Å². The number of hydrogen-bond acceptors (Lipinski definition) is 4. The maximum absolute atomic E-state index is 11.8. The van der Waals surface area contributed by atoms with E-state index in [1.807, 2.05) is 0 Å². The molecule has 2 N–H and O–H groups in total. The molecule has 0 fully saturated rings. The third-order valence-electron chi connectivity index (χ3n) is 2.82. The van der Waals surface area contributed by atoms with E-state index in [9.17, 15) is 13.2 Å². The number of primary amides is 1. The Morgan fingerprint density at radius 1 is 1.47 bits per heavy atom. The molecule has 0 saturated carbocycles. The van der Waals surface area contributed by atoms with Gasteiger partial charge in [0.25, 0.3) is 0 Å². The van der Waals surface area contributed by atoms with Crippen molar-refractivity contribution < 1.29 is 17.9 Å². The number of carbonyl (C=O) groups is 1. The van der Waals surface area contributed by atoms with Crippen LogP contribution in [0.2, 0.25) is 0 Å². The molecule has 0 aromatic carbocycles. The highest BCUT2D eigenvalue weighted by molar-refractivity contribution is 7.89. The van der Waals surface area contributed by atoms with Crippen LogP contribution in [0.4, 0.5) is 4.79 Å². The molecule has 0 saturated heterocycles.